The van der Waals surface area contributed by atoms with E-state index in [1.807, 2.05) is 72.8 Å². The highest BCUT2D eigenvalue weighted by atomic mass is 19.1. The summed E-state index contributed by atoms with van der Waals surface area (Å²) >= 11 is 0. The van der Waals surface area contributed by atoms with Crippen LogP contribution in [0.3, 0.4) is 0 Å². The molecule has 1 atom stereocenters. The lowest BCUT2D eigenvalue weighted by molar-refractivity contribution is -0.125. The summed E-state index contributed by atoms with van der Waals surface area (Å²) in [6.07, 6.45) is 0.575. The summed E-state index contributed by atoms with van der Waals surface area (Å²) in [6.45, 7) is 0.709. The average molecular weight is 465 g/mol. The van der Waals surface area contributed by atoms with E-state index in [0.717, 1.165) is 22.3 Å². The molecule has 0 saturated carbocycles. The molecule has 1 aliphatic heterocycles. The lowest BCUT2D eigenvalue weighted by Gasteiger charge is -2.26. The van der Waals surface area contributed by atoms with Gasteiger partial charge in [-0.05, 0) is 52.4 Å². The van der Waals surface area contributed by atoms with Crippen molar-refractivity contribution in [3.05, 3.63) is 131 Å². The third-order valence-electron chi connectivity index (χ3n) is 6.38. The monoisotopic (exact) mass is 464 g/mol. The molecule has 5 rings (SSSR count). The van der Waals surface area contributed by atoms with E-state index in [2.05, 4.69) is 5.32 Å². The highest BCUT2D eigenvalue weighted by Crippen LogP contribution is 2.36. The molecule has 0 aliphatic carbocycles. The van der Waals surface area contributed by atoms with E-state index in [1.54, 1.807) is 23.1 Å². The number of benzene rings is 4. The zero-order valence-electron chi connectivity index (χ0n) is 19.2. The largest absolute Gasteiger partial charge is 0.354 e. The molecule has 5 heteroatoms. The molecule has 0 aromatic heterocycles. The smallest absolute Gasteiger partial charge is 0.255 e. The normalized spacial score (nSPS) is 14.6. The van der Waals surface area contributed by atoms with Crippen molar-refractivity contribution in [2.24, 2.45) is 0 Å². The van der Waals surface area contributed by atoms with Crippen LogP contribution in [0.2, 0.25) is 0 Å². The highest BCUT2D eigenvalue weighted by Gasteiger charge is 2.40. The van der Waals surface area contributed by atoms with Gasteiger partial charge in [0.2, 0.25) is 5.91 Å². The molecule has 1 unspecified atom stereocenters. The summed E-state index contributed by atoms with van der Waals surface area (Å²) in [5.74, 6) is -0.657. The quantitative estimate of drug-likeness (QED) is 0.390. The molecule has 0 radical (unpaired) electrons. The van der Waals surface area contributed by atoms with E-state index in [9.17, 15) is 14.0 Å². The Morgan fingerprint density at radius 2 is 1.46 bits per heavy atom. The van der Waals surface area contributed by atoms with Crippen LogP contribution in [0.25, 0.3) is 11.1 Å². The first-order valence-electron chi connectivity index (χ1n) is 11.7. The zero-order chi connectivity index (χ0) is 24.2. The molecule has 4 nitrogen and oxygen atoms in total. The predicted octanol–water partition coefficient (Wildman–Crippen LogP) is 5.55. The van der Waals surface area contributed by atoms with Crippen molar-refractivity contribution in [2.45, 2.75) is 19.0 Å². The van der Waals surface area contributed by atoms with Gasteiger partial charge in [-0.3, -0.25) is 9.59 Å². The fourth-order valence-electron chi connectivity index (χ4n) is 4.63. The standard InChI is InChI=1S/C30H25FN2O2/c31-24-16-14-21(15-17-24)18-19-32-29(34)28-26-12-6-7-13-27(26)30(35)33(28)20-23-10-4-5-11-25(23)22-8-2-1-3-9-22/h1-17,28H,18-20H2,(H,32,34). The fraction of sp³-hybridized carbons (Fsp3) is 0.133. The van der Waals surface area contributed by atoms with E-state index in [1.165, 1.54) is 12.1 Å². The molecule has 2 amide bonds. The summed E-state index contributed by atoms with van der Waals surface area (Å²) < 4.78 is 13.2. The van der Waals surface area contributed by atoms with Gasteiger partial charge in [-0.2, -0.15) is 0 Å². The van der Waals surface area contributed by atoms with Crippen molar-refractivity contribution >= 4 is 11.8 Å². The number of nitrogens with one attached hydrogen (secondary N) is 1. The van der Waals surface area contributed by atoms with Gasteiger partial charge >= 0.3 is 0 Å². The third-order valence-corrected chi connectivity index (χ3v) is 6.38. The van der Waals surface area contributed by atoms with Crippen LogP contribution >= 0.6 is 0 Å². The molecule has 35 heavy (non-hydrogen) atoms. The Hall–Kier alpha value is -4.25. The van der Waals surface area contributed by atoms with Crippen molar-refractivity contribution in [3.8, 4) is 11.1 Å². The van der Waals surface area contributed by atoms with Crippen LogP contribution in [-0.4, -0.2) is 23.3 Å². The van der Waals surface area contributed by atoms with Gasteiger partial charge in [0.05, 0.1) is 0 Å². The Morgan fingerprint density at radius 3 is 2.23 bits per heavy atom. The number of halogens is 1. The second-order valence-corrected chi connectivity index (χ2v) is 8.61. The lowest BCUT2D eigenvalue weighted by atomic mass is 9.99. The number of hydrogen-bond acceptors (Lipinski definition) is 2. The Morgan fingerprint density at radius 1 is 0.800 bits per heavy atom. The molecule has 1 aliphatic rings. The van der Waals surface area contributed by atoms with E-state index < -0.39 is 6.04 Å². The Kier molecular flexibility index (Phi) is 6.40. The molecule has 0 spiro atoms. The van der Waals surface area contributed by atoms with Crippen LogP contribution < -0.4 is 5.32 Å². The molecule has 1 heterocycles. The molecule has 4 aromatic carbocycles. The Balaban J connectivity index is 1.39. The van der Waals surface area contributed by atoms with Crippen LogP contribution in [0.5, 0.6) is 0 Å². The Bertz CT molecular complexity index is 1350. The zero-order valence-corrected chi connectivity index (χ0v) is 19.2. The molecule has 174 valence electrons. The molecule has 1 N–H and O–H groups in total. The van der Waals surface area contributed by atoms with E-state index in [-0.39, 0.29) is 17.6 Å². The minimum absolute atomic E-state index is 0.151. The van der Waals surface area contributed by atoms with Crippen LogP contribution in [-0.2, 0) is 17.8 Å². The topological polar surface area (TPSA) is 49.4 Å². The minimum atomic E-state index is -0.712. The maximum atomic E-state index is 13.4. The fourth-order valence-corrected chi connectivity index (χ4v) is 4.63. The first-order valence-corrected chi connectivity index (χ1v) is 11.7. The first-order chi connectivity index (χ1) is 17.1. The summed E-state index contributed by atoms with van der Waals surface area (Å²) in [4.78, 5) is 28.4. The van der Waals surface area contributed by atoms with Gasteiger partial charge in [-0.1, -0.05) is 84.9 Å². The minimum Gasteiger partial charge on any atom is -0.354 e. The van der Waals surface area contributed by atoms with Crippen LogP contribution in [0.4, 0.5) is 4.39 Å². The number of hydrogen-bond donors (Lipinski definition) is 1. The molecule has 0 bridgehead atoms. The van der Waals surface area contributed by atoms with Gasteiger partial charge in [-0.25, -0.2) is 4.39 Å². The van der Waals surface area contributed by atoms with Crippen molar-refractivity contribution in [3.63, 3.8) is 0 Å². The Labute approximate surface area is 204 Å². The molecule has 4 aromatic rings. The van der Waals surface area contributed by atoms with Gasteiger partial charge in [0.1, 0.15) is 11.9 Å². The summed E-state index contributed by atoms with van der Waals surface area (Å²) in [5.41, 5.74) is 5.28. The summed E-state index contributed by atoms with van der Waals surface area (Å²) in [7, 11) is 0. The van der Waals surface area contributed by atoms with Gasteiger partial charge in [0.15, 0.2) is 0 Å². The first kappa shape index (κ1) is 22.5. The lowest BCUT2D eigenvalue weighted by Crippen LogP contribution is -2.39. The van der Waals surface area contributed by atoms with Gasteiger partial charge in [0, 0.05) is 18.7 Å². The number of rotatable bonds is 7. The average Bonchev–Trinajstić information content (AvgIpc) is 3.17. The number of amides is 2. The van der Waals surface area contributed by atoms with E-state index >= 15 is 0 Å². The second kappa shape index (κ2) is 9.94. The van der Waals surface area contributed by atoms with E-state index in [4.69, 9.17) is 0 Å². The third kappa shape index (κ3) is 4.71. The van der Waals surface area contributed by atoms with Crippen LogP contribution in [0.15, 0.2) is 103 Å². The number of fused-ring (bicyclic) bond motifs is 1. The molecule has 0 fully saturated rings. The predicted molar refractivity (Wildman–Crippen MR) is 134 cm³/mol. The summed E-state index contributed by atoms with van der Waals surface area (Å²) in [6, 6.07) is 30.8. The van der Waals surface area contributed by atoms with Gasteiger partial charge in [0.25, 0.3) is 5.91 Å². The van der Waals surface area contributed by atoms with Crippen molar-refractivity contribution < 1.29 is 14.0 Å². The van der Waals surface area contributed by atoms with Gasteiger partial charge in [-0.15, -0.1) is 0 Å². The molecule has 0 saturated heterocycles. The maximum absolute atomic E-state index is 13.4. The van der Waals surface area contributed by atoms with Crippen LogP contribution in [0.1, 0.15) is 33.1 Å². The summed E-state index contributed by atoms with van der Waals surface area (Å²) in [5, 5.41) is 2.98. The SMILES string of the molecule is O=C(NCCc1ccc(F)cc1)C1c2ccccc2C(=O)N1Cc1ccccc1-c1ccccc1. The second-order valence-electron chi connectivity index (χ2n) is 8.61. The number of carbonyl (C=O) groups excluding carboxylic acids is 2. The van der Waals surface area contributed by atoms with E-state index in [0.29, 0.717) is 30.6 Å². The van der Waals surface area contributed by atoms with Crippen LogP contribution in [0, 0.1) is 5.82 Å². The number of nitrogens with zero attached hydrogens (tertiary/aromatic N) is 1. The highest BCUT2D eigenvalue weighted by molar-refractivity contribution is 6.04. The van der Waals surface area contributed by atoms with Gasteiger partial charge < -0.3 is 10.2 Å². The van der Waals surface area contributed by atoms with Crippen molar-refractivity contribution in [2.75, 3.05) is 6.54 Å². The maximum Gasteiger partial charge on any atom is 0.255 e. The molecular formula is C30H25FN2O2. The van der Waals surface area contributed by atoms with Crippen molar-refractivity contribution in [1.29, 1.82) is 0 Å². The number of carbonyl (C=O) groups is 2. The molecular weight excluding hydrogens is 439 g/mol. The van der Waals surface area contributed by atoms with Crippen molar-refractivity contribution in [1.82, 2.24) is 10.2 Å².